The summed E-state index contributed by atoms with van der Waals surface area (Å²) in [6.07, 6.45) is 8.55. The van der Waals surface area contributed by atoms with Crippen LogP contribution in [0.5, 0.6) is 0 Å². The number of nitrogen functional groups attached to an aromatic ring is 1. The highest BCUT2D eigenvalue weighted by atomic mass is 16.3. The largest absolute Gasteiger partial charge is 0.396 e. The van der Waals surface area contributed by atoms with Crippen LogP contribution < -0.4 is 11.1 Å². The maximum Gasteiger partial charge on any atom is 0.180 e. The van der Waals surface area contributed by atoms with Gasteiger partial charge in [0.1, 0.15) is 5.82 Å². The van der Waals surface area contributed by atoms with E-state index in [1.807, 2.05) is 10.6 Å². The summed E-state index contributed by atoms with van der Waals surface area (Å²) >= 11 is 0. The molecule has 0 bridgehead atoms. The molecule has 0 amide bonds. The van der Waals surface area contributed by atoms with Gasteiger partial charge in [-0.05, 0) is 12.8 Å². The van der Waals surface area contributed by atoms with E-state index >= 15 is 0 Å². The van der Waals surface area contributed by atoms with Crippen molar-refractivity contribution in [1.29, 1.82) is 0 Å². The summed E-state index contributed by atoms with van der Waals surface area (Å²) in [6.45, 7) is 0.213. The minimum Gasteiger partial charge on any atom is -0.396 e. The molecule has 1 saturated carbocycles. The number of aliphatic hydroxyl groups is 1. The summed E-state index contributed by atoms with van der Waals surface area (Å²) in [5, 5.41) is 12.7. The predicted octanol–water partition coefficient (Wildman–Crippen LogP) is 0.884. The molecule has 2 aromatic heterocycles. The summed E-state index contributed by atoms with van der Waals surface area (Å²) < 4.78 is 1.85. The molecule has 2 atom stereocenters. The van der Waals surface area contributed by atoms with Crippen molar-refractivity contribution in [3.05, 3.63) is 18.6 Å². The molecule has 0 saturated heterocycles. The van der Waals surface area contributed by atoms with Crippen molar-refractivity contribution in [2.75, 3.05) is 17.7 Å². The molecule has 2 aromatic rings. The van der Waals surface area contributed by atoms with Crippen LogP contribution in [0.15, 0.2) is 18.6 Å². The Morgan fingerprint density at radius 1 is 1.50 bits per heavy atom. The Labute approximate surface area is 105 Å². The Morgan fingerprint density at radius 2 is 2.39 bits per heavy atom. The van der Waals surface area contributed by atoms with Crippen LogP contribution in [0.4, 0.5) is 11.6 Å². The van der Waals surface area contributed by atoms with Crippen molar-refractivity contribution in [2.45, 2.75) is 25.3 Å². The monoisotopic (exact) mass is 247 g/mol. The van der Waals surface area contributed by atoms with Crippen molar-refractivity contribution in [2.24, 2.45) is 5.92 Å². The number of rotatable bonds is 3. The molecule has 6 heteroatoms. The normalized spacial score (nSPS) is 23.6. The molecular weight excluding hydrogens is 230 g/mol. The lowest BCUT2D eigenvalue weighted by Crippen LogP contribution is -2.27. The zero-order valence-electron chi connectivity index (χ0n) is 10.1. The Balaban J connectivity index is 1.92. The van der Waals surface area contributed by atoms with Crippen LogP contribution in [-0.2, 0) is 0 Å². The molecular formula is C12H17N5O. The average molecular weight is 247 g/mol. The van der Waals surface area contributed by atoms with Crippen molar-refractivity contribution >= 4 is 17.3 Å². The Kier molecular flexibility index (Phi) is 2.79. The van der Waals surface area contributed by atoms with E-state index in [1.165, 1.54) is 0 Å². The number of nitrogens with two attached hydrogens (primary N) is 1. The number of aliphatic hydroxyl groups excluding tert-OH is 1. The number of hydrogen-bond donors (Lipinski definition) is 3. The predicted molar refractivity (Wildman–Crippen MR) is 69.2 cm³/mol. The lowest BCUT2D eigenvalue weighted by atomic mass is 10.1. The Morgan fingerprint density at radius 3 is 3.22 bits per heavy atom. The second kappa shape index (κ2) is 4.45. The van der Waals surface area contributed by atoms with Gasteiger partial charge in [0.15, 0.2) is 11.5 Å². The Hall–Kier alpha value is -1.82. The molecule has 0 aromatic carbocycles. The Bertz CT molecular complexity index is 552. The highest BCUT2D eigenvalue weighted by molar-refractivity contribution is 5.65. The van der Waals surface area contributed by atoms with Crippen molar-refractivity contribution in [3.63, 3.8) is 0 Å². The van der Waals surface area contributed by atoms with E-state index in [1.54, 1.807) is 12.4 Å². The van der Waals surface area contributed by atoms with Crippen molar-refractivity contribution < 1.29 is 5.11 Å². The lowest BCUT2D eigenvalue weighted by Gasteiger charge is -2.20. The maximum absolute atomic E-state index is 9.34. The van der Waals surface area contributed by atoms with Gasteiger partial charge in [0.05, 0.1) is 6.20 Å². The first-order valence-electron chi connectivity index (χ1n) is 6.24. The highest BCUT2D eigenvalue weighted by Crippen LogP contribution is 2.28. The number of imidazole rings is 1. The van der Waals surface area contributed by atoms with Gasteiger partial charge in [0, 0.05) is 31.0 Å². The van der Waals surface area contributed by atoms with Gasteiger partial charge in [-0.3, -0.25) is 0 Å². The first-order valence-corrected chi connectivity index (χ1v) is 6.24. The second-order valence-electron chi connectivity index (χ2n) is 4.80. The molecule has 1 aliphatic carbocycles. The molecule has 0 spiro atoms. The first kappa shape index (κ1) is 11.3. The molecule has 4 N–H and O–H groups in total. The van der Waals surface area contributed by atoms with E-state index in [9.17, 15) is 5.11 Å². The fourth-order valence-corrected chi connectivity index (χ4v) is 2.67. The first-order chi connectivity index (χ1) is 8.78. The van der Waals surface area contributed by atoms with Gasteiger partial charge in [-0.25, -0.2) is 9.97 Å². The van der Waals surface area contributed by atoms with Gasteiger partial charge < -0.3 is 20.6 Å². The van der Waals surface area contributed by atoms with Gasteiger partial charge in [-0.2, -0.15) is 0 Å². The average Bonchev–Trinajstić information content (AvgIpc) is 2.96. The van der Waals surface area contributed by atoms with Gasteiger partial charge >= 0.3 is 0 Å². The topological polar surface area (TPSA) is 88.5 Å². The third kappa shape index (κ3) is 1.88. The van der Waals surface area contributed by atoms with E-state index < -0.39 is 0 Å². The minimum absolute atomic E-state index is 0.213. The summed E-state index contributed by atoms with van der Waals surface area (Å²) in [7, 11) is 0. The quantitative estimate of drug-likeness (QED) is 0.749. The van der Waals surface area contributed by atoms with Gasteiger partial charge in [-0.15, -0.1) is 0 Å². The lowest BCUT2D eigenvalue weighted by molar-refractivity contribution is 0.222. The van der Waals surface area contributed by atoms with Crippen LogP contribution in [0.2, 0.25) is 0 Å². The van der Waals surface area contributed by atoms with E-state index in [0.29, 0.717) is 17.6 Å². The van der Waals surface area contributed by atoms with Crippen LogP contribution >= 0.6 is 0 Å². The van der Waals surface area contributed by atoms with Crippen LogP contribution in [0, 0.1) is 5.92 Å². The fourth-order valence-electron chi connectivity index (χ4n) is 2.67. The van der Waals surface area contributed by atoms with E-state index in [-0.39, 0.29) is 12.6 Å². The molecule has 1 fully saturated rings. The van der Waals surface area contributed by atoms with Crippen molar-refractivity contribution in [3.8, 4) is 0 Å². The number of hydrogen-bond acceptors (Lipinski definition) is 5. The number of anilines is 2. The van der Waals surface area contributed by atoms with Crippen LogP contribution in [0.25, 0.3) is 5.65 Å². The zero-order chi connectivity index (χ0) is 12.5. The molecule has 2 unspecified atom stereocenters. The minimum atomic E-state index is 0.213. The molecule has 3 rings (SSSR count). The fraction of sp³-hybridized carbons (Fsp3) is 0.500. The third-order valence-electron chi connectivity index (χ3n) is 3.61. The molecule has 2 heterocycles. The molecule has 18 heavy (non-hydrogen) atoms. The van der Waals surface area contributed by atoms with Gasteiger partial charge in [0.25, 0.3) is 0 Å². The van der Waals surface area contributed by atoms with Crippen LogP contribution in [0.1, 0.15) is 19.3 Å². The number of aromatic nitrogens is 3. The summed E-state index contributed by atoms with van der Waals surface area (Å²) in [6, 6.07) is 0.254. The van der Waals surface area contributed by atoms with E-state index in [4.69, 9.17) is 5.73 Å². The maximum atomic E-state index is 9.34. The van der Waals surface area contributed by atoms with Gasteiger partial charge in [-0.1, -0.05) is 6.42 Å². The smallest absolute Gasteiger partial charge is 0.180 e. The molecule has 1 aliphatic rings. The SMILES string of the molecule is Nc1cn2ccnc2c(NC2CCCC2CO)n1. The standard InChI is InChI=1S/C12H17N5O/c13-10-6-17-5-4-14-12(17)11(16-10)15-9-3-1-2-8(9)7-18/h4-6,8-9,18H,1-3,7,13H2,(H,15,16). The van der Waals surface area contributed by atoms with Gasteiger partial charge in [0.2, 0.25) is 0 Å². The van der Waals surface area contributed by atoms with Crippen LogP contribution in [0.3, 0.4) is 0 Å². The molecule has 6 nitrogen and oxygen atoms in total. The van der Waals surface area contributed by atoms with E-state index in [0.717, 1.165) is 24.9 Å². The molecule has 0 radical (unpaired) electrons. The molecule has 0 aliphatic heterocycles. The molecule has 96 valence electrons. The number of fused-ring (bicyclic) bond motifs is 1. The second-order valence-corrected chi connectivity index (χ2v) is 4.80. The highest BCUT2D eigenvalue weighted by Gasteiger charge is 2.27. The zero-order valence-corrected chi connectivity index (χ0v) is 10.1. The van der Waals surface area contributed by atoms with Crippen molar-refractivity contribution in [1.82, 2.24) is 14.4 Å². The van der Waals surface area contributed by atoms with E-state index in [2.05, 4.69) is 15.3 Å². The third-order valence-corrected chi connectivity index (χ3v) is 3.61. The summed E-state index contributed by atoms with van der Waals surface area (Å²) in [4.78, 5) is 8.58. The summed E-state index contributed by atoms with van der Waals surface area (Å²) in [5.41, 5.74) is 6.55. The summed E-state index contributed by atoms with van der Waals surface area (Å²) in [5.74, 6) is 1.45. The van der Waals surface area contributed by atoms with Crippen LogP contribution in [-0.4, -0.2) is 32.1 Å². The number of nitrogens with one attached hydrogen (secondary N) is 1. The number of nitrogens with zero attached hydrogens (tertiary/aromatic N) is 3.